The summed E-state index contributed by atoms with van der Waals surface area (Å²) < 4.78 is 5.15. The van der Waals surface area contributed by atoms with E-state index in [2.05, 4.69) is 0 Å². The van der Waals surface area contributed by atoms with Gasteiger partial charge in [0.25, 0.3) is 0 Å². The molecule has 126 valence electrons. The molecule has 1 heterocycles. The van der Waals surface area contributed by atoms with E-state index in [9.17, 15) is 19.5 Å². The molecule has 0 aliphatic heterocycles. The van der Waals surface area contributed by atoms with E-state index in [0.29, 0.717) is 11.8 Å². The zero-order valence-corrected chi connectivity index (χ0v) is 13.4. The zero-order valence-electron chi connectivity index (χ0n) is 13.4. The average molecular weight is 344 g/mol. The Morgan fingerprint density at radius 1 is 0.962 bits per heavy atom. The van der Waals surface area contributed by atoms with Crippen LogP contribution in [0.4, 0.5) is 0 Å². The molecule has 0 radical (unpaired) electrons. The summed E-state index contributed by atoms with van der Waals surface area (Å²) in [6, 6.07) is 16.6. The van der Waals surface area contributed by atoms with Gasteiger partial charge in [-0.2, -0.15) is 0 Å². The molecule has 0 unspecified atom stereocenters. The van der Waals surface area contributed by atoms with Gasteiger partial charge in [-0.1, -0.05) is 36.4 Å². The summed E-state index contributed by atoms with van der Waals surface area (Å²) in [6.07, 6.45) is 0.535. The number of phenolic OH excluding ortho intramolecular Hbond substituents is 1. The topological polar surface area (TPSA) is 84.6 Å². The highest BCUT2D eigenvalue weighted by Gasteiger charge is 2.18. The summed E-state index contributed by atoms with van der Waals surface area (Å²) in [5.74, 6) is -0.730. The molecule has 5 heteroatoms. The smallest absolute Gasteiger partial charge is 0.347 e. The Bertz CT molecular complexity index is 1250. The second-order valence-electron chi connectivity index (χ2n) is 5.91. The van der Waals surface area contributed by atoms with Crippen molar-refractivity contribution in [3.05, 3.63) is 87.8 Å². The molecule has 5 nitrogen and oxygen atoms in total. The van der Waals surface area contributed by atoms with Crippen molar-refractivity contribution in [1.29, 1.82) is 0 Å². The van der Waals surface area contributed by atoms with Crippen molar-refractivity contribution in [3.63, 3.8) is 0 Å². The Morgan fingerprint density at radius 3 is 2.50 bits per heavy atom. The number of carbonyl (C=O) groups excluding carboxylic acids is 2. The first-order chi connectivity index (χ1) is 12.6. The second kappa shape index (κ2) is 5.97. The molecule has 3 aromatic carbocycles. The Hall–Kier alpha value is -3.73. The van der Waals surface area contributed by atoms with Crippen molar-refractivity contribution in [1.82, 2.24) is 0 Å². The molecular formula is C21H12O5. The second-order valence-corrected chi connectivity index (χ2v) is 5.91. The summed E-state index contributed by atoms with van der Waals surface area (Å²) in [5.41, 5.74) is -0.432. The lowest BCUT2D eigenvalue weighted by Gasteiger charge is -2.05. The molecule has 4 aromatic rings. The van der Waals surface area contributed by atoms with Crippen molar-refractivity contribution in [2.75, 3.05) is 0 Å². The third-order valence-corrected chi connectivity index (χ3v) is 4.25. The minimum Gasteiger partial charge on any atom is -0.507 e. The number of rotatable bonds is 3. The molecule has 4 rings (SSSR count). The number of fused-ring (bicyclic) bond motifs is 2. The van der Waals surface area contributed by atoms with Gasteiger partial charge in [0.2, 0.25) is 0 Å². The fourth-order valence-electron chi connectivity index (χ4n) is 2.93. The van der Waals surface area contributed by atoms with E-state index in [-0.39, 0.29) is 27.8 Å². The third kappa shape index (κ3) is 2.56. The van der Waals surface area contributed by atoms with Gasteiger partial charge in [0.1, 0.15) is 23.2 Å². The molecule has 0 spiro atoms. The molecule has 0 atom stereocenters. The summed E-state index contributed by atoms with van der Waals surface area (Å²) in [5, 5.41) is 12.1. The predicted molar refractivity (Wildman–Crippen MR) is 96.9 cm³/mol. The molecule has 0 saturated heterocycles. The predicted octanol–water partition coefficient (Wildman–Crippen LogP) is 3.70. The van der Waals surface area contributed by atoms with Crippen molar-refractivity contribution in [2.45, 2.75) is 0 Å². The monoisotopic (exact) mass is 344 g/mol. The highest BCUT2D eigenvalue weighted by Crippen LogP contribution is 2.26. The molecule has 0 aliphatic rings. The van der Waals surface area contributed by atoms with Crippen LogP contribution in [-0.4, -0.2) is 17.2 Å². The molecule has 0 amide bonds. The zero-order chi connectivity index (χ0) is 18.3. The molecule has 1 aromatic heterocycles. The fourth-order valence-corrected chi connectivity index (χ4v) is 2.93. The average Bonchev–Trinajstić information content (AvgIpc) is 2.66. The van der Waals surface area contributed by atoms with Crippen LogP contribution in [0.1, 0.15) is 26.3 Å². The van der Waals surface area contributed by atoms with Crippen LogP contribution in [0, 0.1) is 0 Å². The Morgan fingerprint density at radius 2 is 1.73 bits per heavy atom. The summed E-state index contributed by atoms with van der Waals surface area (Å²) >= 11 is 0. The molecule has 26 heavy (non-hydrogen) atoms. The van der Waals surface area contributed by atoms with Gasteiger partial charge in [0, 0.05) is 11.1 Å². The van der Waals surface area contributed by atoms with Gasteiger partial charge in [-0.25, -0.2) is 4.79 Å². The molecule has 0 fully saturated rings. The van der Waals surface area contributed by atoms with Crippen LogP contribution in [-0.2, 0) is 0 Å². The van der Waals surface area contributed by atoms with E-state index < -0.39 is 11.4 Å². The molecule has 0 aliphatic carbocycles. The van der Waals surface area contributed by atoms with E-state index >= 15 is 0 Å². The van der Waals surface area contributed by atoms with E-state index in [1.807, 2.05) is 24.3 Å². The van der Waals surface area contributed by atoms with Gasteiger partial charge >= 0.3 is 5.63 Å². The van der Waals surface area contributed by atoms with Crippen molar-refractivity contribution < 1.29 is 19.1 Å². The third-order valence-electron chi connectivity index (χ3n) is 4.25. The summed E-state index contributed by atoms with van der Waals surface area (Å²) in [4.78, 5) is 35.9. The van der Waals surface area contributed by atoms with Crippen LogP contribution in [0.25, 0.3) is 21.7 Å². The maximum Gasteiger partial charge on any atom is 0.347 e. The Labute approximate surface area is 147 Å². The van der Waals surface area contributed by atoms with Crippen LogP contribution in [0.5, 0.6) is 5.75 Å². The fraction of sp³-hybridized carbons (Fsp3) is 0. The van der Waals surface area contributed by atoms with Gasteiger partial charge < -0.3 is 9.52 Å². The van der Waals surface area contributed by atoms with E-state index in [0.717, 1.165) is 10.8 Å². The normalized spacial score (nSPS) is 10.9. The molecular weight excluding hydrogens is 332 g/mol. The first-order valence-corrected chi connectivity index (χ1v) is 7.86. The standard InChI is InChI=1S/C21H12O5/c22-11-12-7-18(23)16-10-17(21(25)26-19(16)8-12)20(24)15-6-5-13-3-1-2-4-14(13)9-15/h1-11,23H. The minimum atomic E-state index is -0.821. The number of hydrogen-bond donors (Lipinski definition) is 1. The van der Waals surface area contributed by atoms with Gasteiger partial charge in [0.15, 0.2) is 5.78 Å². The number of ketones is 1. The maximum absolute atomic E-state index is 12.8. The quantitative estimate of drug-likeness (QED) is 0.348. The van der Waals surface area contributed by atoms with Crippen LogP contribution >= 0.6 is 0 Å². The number of carbonyl (C=O) groups is 2. The lowest BCUT2D eigenvalue weighted by Crippen LogP contribution is -2.14. The maximum atomic E-state index is 12.8. The highest BCUT2D eigenvalue weighted by molar-refractivity contribution is 6.11. The molecule has 1 N–H and O–H groups in total. The van der Waals surface area contributed by atoms with Crippen LogP contribution in [0.3, 0.4) is 0 Å². The van der Waals surface area contributed by atoms with Gasteiger partial charge in [-0.15, -0.1) is 0 Å². The van der Waals surface area contributed by atoms with E-state index in [1.54, 1.807) is 18.2 Å². The van der Waals surface area contributed by atoms with E-state index in [1.165, 1.54) is 18.2 Å². The number of benzene rings is 3. The van der Waals surface area contributed by atoms with Crippen LogP contribution in [0.2, 0.25) is 0 Å². The number of aromatic hydroxyl groups is 1. The van der Waals surface area contributed by atoms with E-state index in [4.69, 9.17) is 4.42 Å². The van der Waals surface area contributed by atoms with Crippen molar-refractivity contribution in [3.8, 4) is 5.75 Å². The summed E-state index contributed by atoms with van der Waals surface area (Å²) in [7, 11) is 0. The number of hydrogen-bond acceptors (Lipinski definition) is 5. The first-order valence-electron chi connectivity index (χ1n) is 7.86. The molecule has 0 saturated carbocycles. The van der Waals surface area contributed by atoms with Crippen molar-refractivity contribution in [2.24, 2.45) is 0 Å². The van der Waals surface area contributed by atoms with Gasteiger partial charge in [-0.3, -0.25) is 9.59 Å². The number of aldehydes is 1. The Kier molecular flexibility index (Phi) is 3.62. The lowest BCUT2D eigenvalue weighted by molar-refractivity contribution is 0.103. The highest BCUT2D eigenvalue weighted by atomic mass is 16.4. The van der Waals surface area contributed by atoms with Crippen LogP contribution < -0.4 is 5.63 Å². The Balaban J connectivity index is 1.88. The minimum absolute atomic E-state index is 0.0483. The lowest BCUT2D eigenvalue weighted by atomic mass is 10.00. The van der Waals surface area contributed by atoms with Gasteiger partial charge in [0.05, 0.1) is 5.39 Å². The number of phenols is 1. The summed E-state index contributed by atoms with van der Waals surface area (Å²) in [6.45, 7) is 0. The SMILES string of the molecule is O=Cc1cc(O)c2cc(C(=O)c3ccc4ccccc4c3)c(=O)oc2c1. The van der Waals surface area contributed by atoms with Crippen LogP contribution in [0.15, 0.2) is 69.9 Å². The van der Waals surface area contributed by atoms with Crippen molar-refractivity contribution >= 4 is 33.8 Å². The molecule has 0 bridgehead atoms. The first kappa shape index (κ1) is 15.8. The van der Waals surface area contributed by atoms with Gasteiger partial charge in [-0.05, 0) is 35.0 Å². The largest absolute Gasteiger partial charge is 0.507 e.